The lowest BCUT2D eigenvalue weighted by molar-refractivity contribution is -0.124. The molecule has 1 aliphatic rings. The molecule has 0 bridgehead atoms. The highest BCUT2D eigenvalue weighted by Gasteiger charge is 2.30. The average molecular weight is 279 g/mol. The first-order valence-corrected chi connectivity index (χ1v) is 7.22. The van der Waals surface area contributed by atoms with Crippen LogP contribution in [-0.4, -0.2) is 29.9 Å². The third kappa shape index (κ3) is 4.25. The summed E-state index contributed by atoms with van der Waals surface area (Å²) >= 11 is 4.42. The van der Waals surface area contributed by atoms with Crippen LogP contribution in [0.25, 0.3) is 0 Å². The highest BCUT2D eigenvalue weighted by atomic mass is 32.1. The zero-order valence-electron chi connectivity index (χ0n) is 11.3. The molecule has 1 saturated heterocycles. The maximum Gasteiger partial charge on any atom is 0.233 e. The van der Waals surface area contributed by atoms with Crippen molar-refractivity contribution in [2.24, 2.45) is 0 Å². The number of amides is 1. The summed E-state index contributed by atoms with van der Waals surface area (Å²) in [5.41, 5.74) is 0.884. The van der Waals surface area contributed by atoms with Crippen LogP contribution in [0.1, 0.15) is 25.3 Å². The summed E-state index contributed by atoms with van der Waals surface area (Å²) in [4.78, 5) is 12.2. The topological polar surface area (TPSA) is 38.3 Å². The van der Waals surface area contributed by atoms with E-state index >= 15 is 0 Å². The van der Waals surface area contributed by atoms with Crippen molar-refractivity contribution in [1.82, 2.24) is 5.32 Å². The summed E-state index contributed by atoms with van der Waals surface area (Å²) in [6.07, 6.45) is 2.60. The number of carbonyl (C=O) groups is 1. The molecule has 0 radical (unpaired) electrons. The van der Waals surface area contributed by atoms with E-state index in [1.807, 2.05) is 37.3 Å². The van der Waals surface area contributed by atoms with Gasteiger partial charge in [0.25, 0.3) is 0 Å². The first-order valence-electron chi connectivity index (χ1n) is 6.71. The quantitative estimate of drug-likeness (QED) is 0.829. The molecule has 0 aliphatic carbocycles. The van der Waals surface area contributed by atoms with E-state index in [9.17, 15) is 4.79 Å². The van der Waals surface area contributed by atoms with Gasteiger partial charge in [0.05, 0.1) is 17.4 Å². The monoisotopic (exact) mass is 279 g/mol. The first-order chi connectivity index (χ1) is 9.09. The lowest BCUT2D eigenvalue weighted by atomic mass is 9.94. The number of thiol groups is 1. The van der Waals surface area contributed by atoms with Crippen LogP contribution in [0.4, 0.5) is 0 Å². The van der Waals surface area contributed by atoms with Crippen molar-refractivity contribution in [3.63, 3.8) is 0 Å². The van der Waals surface area contributed by atoms with Gasteiger partial charge in [-0.15, -0.1) is 0 Å². The number of nitrogens with one attached hydrogen (secondary N) is 1. The van der Waals surface area contributed by atoms with Gasteiger partial charge in [0.1, 0.15) is 0 Å². The zero-order chi connectivity index (χ0) is 13.7. The Morgan fingerprint density at radius 2 is 2.21 bits per heavy atom. The second kappa shape index (κ2) is 6.44. The smallest absolute Gasteiger partial charge is 0.233 e. The Bertz CT molecular complexity index is 415. The van der Waals surface area contributed by atoms with Crippen LogP contribution in [0.5, 0.6) is 0 Å². The predicted molar refractivity (Wildman–Crippen MR) is 79.5 cm³/mol. The third-order valence-electron chi connectivity index (χ3n) is 3.44. The van der Waals surface area contributed by atoms with Crippen LogP contribution in [0.3, 0.4) is 0 Å². The van der Waals surface area contributed by atoms with Crippen LogP contribution in [-0.2, 0) is 16.0 Å². The SMILES string of the molecule is CC1(NC(=O)C(S)Cc2ccccc2)CCCOC1. The predicted octanol–water partition coefficient (Wildman–Crippen LogP) is 2.21. The van der Waals surface area contributed by atoms with E-state index in [2.05, 4.69) is 17.9 Å². The van der Waals surface area contributed by atoms with E-state index in [4.69, 9.17) is 4.74 Å². The molecule has 3 nitrogen and oxygen atoms in total. The van der Waals surface area contributed by atoms with Crippen LogP contribution in [0.15, 0.2) is 30.3 Å². The molecule has 1 N–H and O–H groups in total. The second-order valence-electron chi connectivity index (χ2n) is 5.41. The van der Waals surface area contributed by atoms with Gasteiger partial charge in [0, 0.05) is 6.61 Å². The Labute approximate surface area is 120 Å². The highest BCUT2D eigenvalue weighted by molar-refractivity contribution is 7.81. The molecule has 1 aromatic rings. The molecule has 2 rings (SSSR count). The van der Waals surface area contributed by atoms with Gasteiger partial charge in [-0.05, 0) is 31.7 Å². The lowest BCUT2D eigenvalue weighted by Gasteiger charge is -2.35. The Morgan fingerprint density at radius 1 is 1.47 bits per heavy atom. The summed E-state index contributed by atoms with van der Waals surface area (Å²) < 4.78 is 5.44. The average Bonchev–Trinajstić information content (AvgIpc) is 2.40. The van der Waals surface area contributed by atoms with E-state index in [1.54, 1.807) is 0 Å². The molecular formula is C15H21NO2S. The lowest BCUT2D eigenvalue weighted by Crippen LogP contribution is -2.53. The molecule has 0 spiro atoms. The second-order valence-corrected chi connectivity index (χ2v) is 6.03. The van der Waals surface area contributed by atoms with Crippen molar-refractivity contribution in [2.45, 2.75) is 37.0 Å². The minimum absolute atomic E-state index is 0.0137. The van der Waals surface area contributed by atoms with Crippen molar-refractivity contribution >= 4 is 18.5 Å². The minimum atomic E-state index is -0.318. The number of ether oxygens (including phenoxy) is 1. The van der Waals surface area contributed by atoms with Crippen LogP contribution in [0.2, 0.25) is 0 Å². The Kier molecular flexibility index (Phi) is 4.88. The Hall–Kier alpha value is -1.00. The maximum absolute atomic E-state index is 12.2. The molecule has 19 heavy (non-hydrogen) atoms. The van der Waals surface area contributed by atoms with Gasteiger partial charge in [-0.25, -0.2) is 0 Å². The summed E-state index contributed by atoms with van der Waals surface area (Å²) in [6, 6.07) is 9.95. The fourth-order valence-corrected chi connectivity index (χ4v) is 2.62. The van der Waals surface area contributed by atoms with Crippen LogP contribution in [0, 0.1) is 0 Å². The van der Waals surface area contributed by atoms with Gasteiger partial charge in [-0.2, -0.15) is 12.6 Å². The Morgan fingerprint density at radius 3 is 2.84 bits per heavy atom. The van der Waals surface area contributed by atoms with Gasteiger partial charge < -0.3 is 10.1 Å². The van der Waals surface area contributed by atoms with E-state index in [-0.39, 0.29) is 16.7 Å². The number of hydrogen-bond acceptors (Lipinski definition) is 3. The van der Waals surface area contributed by atoms with E-state index in [0.29, 0.717) is 13.0 Å². The number of carbonyl (C=O) groups excluding carboxylic acids is 1. The molecule has 104 valence electrons. The molecule has 4 heteroatoms. The van der Waals surface area contributed by atoms with Crippen LogP contribution >= 0.6 is 12.6 Å². The van der Waals surface area contributed by atoms with Gasteiger partial charge >= 0.3 is 0 Å². The molecule has 0 saturated carbocycles. The van der Waals surface area contributed by atoms with Gasteiger partial charge in [0.2, 0.25) is 5.91 Å². The number of rotatable bonds is 4. The van der Waals surface area contributed by atoms with E-state index in [1.165, 1.54) is 0 Å². The largest absolute Gasteiger partial charge is 0.379 e. The highest BCUT2D eigenvalue weighted by Crippen LogP contribution is 2.19. The zero-order valence-corrected chi connectivity index (χ0v) is 12.2. The van der Waals surface area contributed by atoms with Gasteiger partial charge in [0.15, 0.2) is 0 Å². The van der Waals surface area contributed by atoms with Crippen molar-refractivity contribution in [2.75, 3.05) is 13.2 Å². The minimum Gasteiger partial charge on any atom is -0.379 e. The first kappa shape index (κ1) is 14.4. The van der Waals surface area contributed by atoms with Crippen molar-refractivity contribution < 1.29 is 9.53 Å². The van der Waals surface area contributed by atoms with Gasteiger partial charge in [-0.3, -0.25) is 4.79 Å². The molecular weight excluding hydrogens is 258 g/mol. The number of benzene rings is 1. The molecule has 1 aliphatic heterocycles. The molecule has 2 unspecified atom stereocenters. The summed E-state index contributed by atoms with van der Waals surface area (Å²) in [5.74, 6) is -0.0137. The van der Waals surface area contributed by atoms with Crippen molar-refractivity contribution in [3.8, 4) is 0 Å². The standard InChI is InChI=1S/C15H21NO2S/c1-15(8-5-9-18-11-15)16-14(17)13(19)10-12-6-3-2-4-7-12/h2-4,6-7,13,19H,5,8-11H2,1H3,(H,16,17). The molecule has 1 amide bonds. The normalized spacial score (nSPS) is 24.7. The fourth-order valence-electron chi connectivity index (χ4n) is 2.34. The Balaban J connectivity index is 1.88. The molecule has 1 aromatic carbocycles. The van der Waals surface area contributed by atoms with Crippen LogP contribution < -0.4 is 5.32 Å². The molecule has 1 heterocycles. The number of hydrogen-bond donors (Lipinski definition) is 2. The molecule has 0 aromatic heterocycles. The summed E-state index contributed by atoms with van der Waals surface area (Å²) in [5, 5.41) is 2.76. The van der Waals surface area contributed by atoms with E-state index < -0.39 is 0 Å². The fraction of sp³-hybridized carbons (Fsp3) is 0.533. The third-order valence-corrected chi connectivity index (χ3v) is 3.85. The summed E-state index contributed by atoms with van der Waals surface area (Å²) in [6.45, 7) is 3.41. The van der Waals surface area contributed by atoms with Gasteiger partial charge in [-0.1, -0.05) is 30.3 Å². The molecule has 1 fully saturated rings. The van der Waals surface area contributed by atoms with Crippen molar-refractivity contribution in [1.29, 1.82) is 0 Å². The summed E-state index contributed by atoms with van der Waals surface area (Å²) in [7, 11) is 0. The van der Waals surface area contributed by atoms with Crippen molar-refractivity contribution in [3.05, 3.63) is 35.9 Å². The maximum atomic E-state index is 12.2. The van der Waals surface area contributed by atoms with E-state index in [0.717, 1.165) is 25.0 Å². The molecule has 2 atom stereocenters.